The zero-order chi connectivity index (χ0) is 15.2. The summed E-state index contributed by atoms with van der Waals surface area (Å²) >= 11 is 0. The molecule has 3 rings (SSSR count). The second-order valence-corrected chi connectivity index (χ2v) is 6.45. The zero-order valence-corrected chi connectivity index (χ0v) is 12.8. The van der Waals surface area contributed by atoms with Gasteiger partial charge in [0.1, 0.15) is 17.5 Å². The van der Waals surface area contributed by atoms with Crippen molar-refractivity contribution in [3.8, 4) is 0 Å². The molecule has 2 unspecified atom stereocenters. The Morgan fingerprint density at radius 2 is 2.00 bits per heavy atom. The van der Waals surface area contributed by atoms with E-state index in [-0.39, 0.29) is 29.5 Å². The van der Waals surface area contributed by atoms with E-state index in [9.17, 15) is 9.18 Å². The summed E-state index contributed by atoms with van der Waals surface area (Å²) in [6.07, 6.45) is 1.65. The van der Waals surface area contributed by atoms with Crippen LogP contribution in [0.5, 0.6) is 0 Å². The Morgan fingerprint density at radius 3 is 2.52 bits per heavy atom. The molecular formula is C16H22FN3O. The fourth-order valence-corrected chi connectivity index (χ4v) is 2.82. The van der Waals surface area contributed by atoms with Crippen LogP contribution in [0.1, 0.15) is 31.5 Å². The van der Waals surface area contributed by atoms with Gasteiger partial charge in [0.25, 0.3) is 0 Å². The lowest BCUT2D eigenvalue weighted by molar-refractivity contribution is -0.131. The summed E-state index contributed by atoms with van der Waals surface area (Å²) in [4.78, 5) is 16.7. The van der Waals surface area contributed by atoms with Crippen LogP contribution >= 0.6 is 0 Å². The molecule has 1 saturated carbocycles. The molecule has 4 nitrogen and oxygen atoms in total. The largest absolute Gasteiger partial charge is 0.320 e. The number of amides is 1. The van der Waals surface area contributed by atoms with Gasteiger partial charge < -0.3 is 9.80 Å². The van der Waals surface area contributed by atoms with Crippen LogP contribution in [0.2, 0.25) is 0 Å². The second-order valence-electron chi connectivity index (χ2n) is 6.45. The molecule has 114 valence electrons. The quantitative estimate of drug-likeness (QED) is 0.918. The third kappa shape index (κ3) is 2.56. The first-order valence-corrected chi connectivity index (χ1v) is 7.44. The fourth-order valence-electron chi connectivity index (χ4n) is 2.82. The highest BCUT2D eigenvalue weighted by Crippen LogP contribution is 2.45. The Bertz CT molecular complexity index is 539. The molecule has 1 aromatic rings. The van der Waals surface area contributed by atoms with E-state index in [1.807, 2.05) is 19.0 Å². The van der Waals surface area contributed by atoms with Crippen molar-refractivity contribution in [3.63, 3.8) is 0 Å². The Balaban J connectivity index is 1.86. The minimum Gasteiger partial charge on any atom is -0.320 e. The van der Waals surface area contributed by atoms with Gasteiger partial charge in [-0.05, 0) is 51.6 Å². The number of halogens is 1. The van der Waals surface area contributed by atoms with E-state index in [1.54, 1.807) is 12.1 Å². The minimum absolute atomic E-state index is 0.150. The molecule has 0 aromatic heterocycles. The van der Waals surface area contributed by atoms with Crippen LogP contribution in [0.15, 0.2) is 24.3 Å². The summed E-state index contributed by atoms with van der Waals surface area (Å²) < 4.78 is 13.1. The minimum atomic E-state index is -0.356. The van der Waals surface area contributed by atoms with E-state index >= 15 is 0 Å². The lowest BCUT2D eigenvalue weighted by Crippen LogP contribution is -2.41. The number of nitrogens with zero attached hydrogens (tertiary/aromatic N) is 2. The summed E-state index contributed by atoms with van der Waals surface area (Å²) in [5, 5.41) is 3.46. The van der Waals surface area contributed by atoms with Crippen LogP contribution in [-0.2, 0) is 4.79 Å². The molecule has 1 saturated heterocycles. The van der Waals surface area contributed by atoms with E-state index in [0.29, 0.717) is 6.54 Å². The molecule has 1 aromatic carbocycles. The van der Waals surface area contributed by atoms with E-state index in [1.165, 1.54) is 12.1 Å². The number of hydrogen-bond acceptors (Lipinski definition) is 3. The standard InChI is InChI=1S/C16H22FN3O/c1-11(19(2)3)10-20-14(12-4-6-13(17)7-5-12)18-16(8-9-16)15(20)21/h4-7,11,14,18H,8-10H2,1-3H3. The predicted octanol–water partition coefficient (Wildman–Crippen LogP) is 1.74. The molecule has 1 aliphatic heterocycles. The number of carbonyl (C=O) groups is 1. The first kappa shape index (κ1) is 14.5. The average molecular weight is 291 g/mol. The van der Waals surface area contributed by atoms with E-state index in [0.717, 1.165) is 18.4 Å². The highest BCUT2D eigenvalue weighted by Gasteiger charge is 2.59. The van der Waals surface area contributed by atoms with E-state index in [4.69, 9.17) is 0 Å². The van der Waals surface area contributed by atoms with Crippen molar-refractivity contribution in [1.82, 2.24) is 15.1 Å². The molecule has 1 heterocycles. The summed E-state index contributed by atoms with van der Waals surface area (Å²) in [5.41, 5.74) is 0.588. The van der Waals surface area contributed by atoms with Crippen molar-refractivity contribution in [2.75, 3.05) is 20.6 Å². The topological polar surface area (TPSA) is 35.6 Å². The molecule has 1 N–H and O–H groups in total. The van der Waals surface area contributed by atoms with Gasteiger partial charge in [-0.25, -0.2) is 4.39 Å². The Hall–Kier alpha value is -1.46. The first-order valence-electron chi connectivity index (χ1n) is 7.44. The van der Waals surface area contributed by atoms with Crippen molar-refractivity contribution < 1.29 is 9.18 Å². The lowest BCUT2D eigenvalue weighted by Gasteiger charge is -2.30. The molecule has 2 fully saturated rings. The van der Waals surface area contributed by atoms with Crippen LogP contribution in [0, 0.1) is 5.82 Å². The highest BCUT2D eigenvalue weighted by molar-refractivity contribution is 5.92. The first-order chi connectivity index (χ1) is 9.93. The van der Waals surface area contributed by atoms with Crippen molar-refractivity contribution in [1.29, 1.82) is 0 Å². The molecule has 21 heavy (non-hydrogen) atoms. The van der Waals surface area contributed by atoms with Gasteiger partial charge in [-0.2, -0.15) is 0 Å². The van der Waals surface area contributed by atoms with Crippen molar-refractivity contribution in [3.05, 3.63) is 35.6 Å². The van der Waals surface area contributed by atoms with Gasteiger partial charge in [0.2, 0.25) is 5.91 Å². The van der Waals surface area contributed by atoms with Crippen LogP contribution in [0.3, 0.4) is 0 Å². The number of likely N-dealkylation sites (N-methyl/N-ethyl adjacent to an activating group) is 1. The summed E-state index contributed by atoms with van der Waals surface area (Å²) in [6.45, 7) is 2.77. The number of nitrogens with one attached hydrogen (secondary N) is 1. The molecule has 2 aliphatic rings. The van der Waals surface area contributed by atoms with Gasteiger partial charge in [-0.1, -0.05) is 12.1 Å². The van der Waals surface area contributed by atoms with E-state index in [2.05, 4.69) is 17.1 Å². The molecule has 5 heteroatoms. The number of hydrogen-bond donors (Lipinski definition) is 1. The third-order valence-electron chi connectivity index (χ3n) is 4.67. The van der Waals surface area contributed by atoms with Gasteiger partial charge in [0.05, 0.1) is 0 Å². The maximum absolute atomic E-state index is 13.1. The molecule has 2 atom stereocenters. The van der Waals surface area contributed by atoms with Gasteiger partial charge >= 0.3 is 0 Å². The Labute approximate surface area is 124 Å². The number of benzene rings is 1. The van der Waals surface area contributed by atoms with Gasteiger partial charge in [0.15, 0.2) is 0 Å². The summed E-state index contributed by atoms with van der Waals surface area (Å²) in [5.74, 6) is -0.0667. The molecule has 1 spiro atoms. The lowest BCUT2D eigenvalue weighted by atomic mass is 10.1. The van der Waals surface area contributed by atoms with Crippen molar-refractivity contribution in [2.45, 2.75) is 37.5 Å². The normalized spacial score (nSPS) is 24.9. The maximum atomic E-state index is 13.1. The van der Waals surface area contributed by atoms with E-state index < -0.39 is 0 Å². The molecular weight excluding hydrogens is 269 g/mol. The molecule has 0 bridgehead atoms. The Kier molecular flexibility index (Phi) is 3.50. The van der Waals surface area contributed by atoms with Gasteiger partial charge in [-0.15, -0.1) is 0 Å². The van der Waals surface area contributed by atoms with Crippen molar-refractivity contribution in [2.24, 2.45) is 0 Å². The smallest absolute Gasteiger partial charge is 0.244 e. The van der Waals surface area contributed by atoms with Crippen molar-refractivity contribution >= 4 is 5.91 Å². The molecule has 0 radical (unpaired) electrons. The zero-order valence-electron chi connectivity index (χ0n) is 12.8. The van der Waals surface area contributed by atoms with Crippen LogP contribution in [0.4, 0.5) is 4.39 Å². The monoisotopic (exact) mass is 291 g/mol. The summed E-state index contributed by atoms with van der Waals surface area (Å²) in [6, 6.07) is 6.69. The summed E-state index contributed by atoms with van der Waals surface area (Å²) in [7, 11) is 4.02. The highest BCUT2D eigenvalue weighted by atomic mass is 19.1. The second kappa shape index (κ2) is 5.07. The van der Waals surface area contributed by atoms with Gasteiger partial charge in [0, 0.05) is 12.6 Å². The predicted molar refractivity (Wildman–Crippen MR) is 79.1 cm³/mol. The fraction of sp³-hybridized carbons (Fsp3) is 0.562. The third-order valence-corrected chi connectivity index (χ3v) is 4.67. The Morgan fingerprint density at radius 1 is 1.38 bits per heavy atom. The van der Waals surface area contributed by atoms with Crippen LogP contribution in [0.25, 0.3) is 0 Å². The number of carbonyl (C=O) groups excluding carboxylic acids is 1. The number of rotatable bonds is 4. The maximum Gasteiger partial charge on any atom is 0.244 e. The molecule has 1 amide bonds. The average Bonchev–Trinajstić information content (AvgIpc) is 3.18. The van der Waals surface area contributed by atoms with Crippen LogP contribution in [-0.4, -0.2) is 47.9 Å². The van der Waals surface area contributed by atoms with Gasteiger partial charge in [-0.3, -0.25) is 10.1 Å². The van der Waals surface area contributed by atoms with Crippen LogP contribution < -0.4 is 5.32 Å². The molecule has 1 aliphatic carbocycles. The SMILES string of the molecule is CC(CN1C(=O)C2(CC2)NC1c1ccc(F)cc1)N(C)C.